The van der Waals surface area contributed by atoms with Gasteiger partial charge in [0.2, 0.25) is 5.52 Å². The Labute approximate surface area is 291 Å². The Bertz CT molecular complexity index is 1980. The molecule has 0 fully saturated rings. The minimum absolute atomic E-state index is 0.267. The second-order valence-corrected chi connectivity index (χ2v) is 17.3. The maximum atomic E-state index is 11.5. The van der Waals surface area contributed by atoms with E-state index in [0.717, 1.165) is 55.2 Å². The molecule has 1 aromatic heterocycles. The quantitative estimate of drug-likeness (QED) is 0.130. The summed E-state index contributed by atoms with van der Waals surface area (Å²) in [4.78, 5) is 3.17. The first kappa shape index (κ1) is 36.4. The highest BCUT2D eigenvalue weighted by atomic mass is 32.2. The Kier molecular flexibility index (Phi) is 11.6. The Morgan fingerprint density at radius 3 is 2.29 bits per heavy atom. The van der Waals surface area contributed by atoms with E-state index in [1.54, 1.807) is 23.1 Å². The molecule has 48 heavy (non-hydrogen) atoms. The van der Waals surface area contributed by atoms with Crippen LogP contribution in [0.5, 0.6) is 11.5 Å². The average Bonchev–Trinajstić information content (AvgIpc) is 3.51. The Morgan fingerprint density at radius 1 is 0.938 bits per heavy atom. The number of nitrogens with zero attached hydrogens (tertiary/aromatic N) is 2. The zero-order valence-electron chi connectivity index (χ0n) is 27.6. The molecule has 2 aliphatic rings. The molecule has 0 spiro atoms. The van der Waals surface area contributed by atoms with Gasteiger partial charge in [-0.25, -0.2) is 0 Å². The molecule has 1 unspecified atom stereocenters. The lowest BCUT2D eigenvalue weighted by Crippen LogP contribution is -2.36. The van der Waals surface area contributed by atoms with Crippen LogP contribution in [0.15, 0.2) is 69.1 Å². The zero-order valence-corrected chi connectivity index (χ0v) is 30.9. The van der Waals surface area contributed by atoms with Crippen LogP contribution in [-0.2, 0) is 26.8 Å². The van der Waals surface area contributed by atoms with Crippen molar-refractivity contribution in [2.45, 2.75) is 64.8 Å². The molecule has 5 rings (SSSR count). The first-order valence-electron chi connectivity index (χ1n) is 16.1. The van der Waals surface area contributed by atoms with Gasteiger partial charge in [0.05, 0.1) is 41.5 Å². The lowest BCUT2D eigenvalue weighted by Gasteiger charge is -2.26. The molecule has 1 aliphatic carbocycles. The third-order valence-corrected chi connectivity index (χ3v) is 12.1. The van der Waals surface area contributed by atoms with Crippen molar-refractivity contribution < 1.29 is 40.0 Å². The Hall–Kier alpha value is -2.88. The molecule has 10 nitrogen and oxygen atoms in total. The summed E-state index contributed by atoms with van der Waals surface area (Å²) in [5, 5.41) is 1.98. The van der Waals surface area contributed by atoms with Gasteiger partial charge in [0.15, 0.2) is 6.54 Å². The summed E-state index contributed by atoms with van der Waals surface area (Å²) in [6, 6.07) is 11.9. The van der Waals surface area contributed by atoms with E-state index in [4.69, 9.17) is 9.47 Å². The van der Waals surface area contributed by atoms with Crippen molar-refractivity contribution in [3.05, 3.63) is 69.2 Å². The number of aryl methyl sites for hydroxylation is 1. The highest BCUT2D eigenvalue weighted by molar-refractivity contribution is 8.03. The van der Waals surface area contributed by atoms with E-state index in [0.29, 0.717) is 32.2 Å². The summed E-state index contributed by atoms with van der Waals surface area (Å²) in [7, 11) is -8.17. The fraction of sp³-hybridized carbons (Fsp3) is 0.441. The van der Waals surface area contributed by atoms with Crippen molar-refractivity contribution >= 4 is 65.3 Å². The summed E-state index contributed by atoms with van der Waals surface area (Å²) >= 11 is 3.27. The van der Waals surface area contributed by atoms with Gasteiger partial charge in [-0.1, -0.05) is 30.0 Å². The van der Waals surface area contributed by atoms with Crippen LogP contribution in [0.4, 0.5) is 5.69 Å². The molecule has 2 N–H and O–H groups in total. The molecule has 0 bridgehead atoms. The van der Waals surface area contributed by atoms with Crippen molar-refractivity contribution in [2.75, 3.05) is 36.2 Å². The topological polar surface area (TPSA) is 134 Å². The molecular formula is C34H43N2O8S4+. The van der Waals surface area contributed by atoms with Crippen LogP contribution in [0, 0.1) is 5.92 Å². The number of ether oxygens (including phenoxy) is 2. The molecule has 1 aliphatic heterocycles. The second kappa shape index (κ2) is 15.3. The summed E-state index contributed by atoms with van der Waals surface area (Å²) in [6.45, 7) is 10.1. The number of benzene rings is 2. The third kappa shape index (κ3) is 9.21. The lowest BCUT2D eigenvalue weighted by atomic mass is 9.81. The molecule has 0 saturated carbocycles. The highest BCUT2D eigenvalue weighted by Crippen LogP contribution is 2.49. The van der Waals surface area contributed by atoms with Gasteiger partial charge in [-0.15, -0.1) is 0 Å². The van der Waals surface area contributed by atoms with Gasteiger partial charge in [0, 0.05) is 30.0 Å². The molecule has 14 heteroatoms. The summed E-state index contributed by atoms with van der Waals surface area (Å²) in [5.41, 5.74) is 5.46. The van der Waals surface area contributed by atoms with E-state index < -0.39 is 20.2 Å². The molecule has 1 atom stereocenters. The first-order valence-corrected chi connectivity index (χ1v) is 20.9. The van der Waals surface area contributed by atoms with Crippen molar-refractivity contribution in [1.82, 2.24) is 0 Å². The summed E-state index contributed by atoms with van der Waals surface area (Å²) < 4.78 is 79.5. The van der Waals surface area contributed by atoms with Gasteiger partial charge in [-0.3, -0.25) is 9.11 Å². The maximum Gasteiger partial charge on any atom is 0.265 e. The number of aromatic nitrogens is 1. The standard InChI is InChI=1S/C34H42N2O8S4/c1-5-43-27-9-11-31-29(21-27)35(13-7-15-47(37,38)39)33(45-31)19-25-17-23(3)18-26(24(25)4)20-34-36(14-8-16-48(40,41)42)30-22-28(44-6-2)10-12-32(30)46-34/h9-12,19-23H,5-8,13-18H2,1-4H3,(H-,37,38,39,40,41,42)/p+1. The smallest absolute Gasteiger partial charge is 0.265 e. The van der Waals surface area contributed by atoms with Gasteiger partial charge in [-0.2, -0.15) is 21.4 Å². The normalized spacial score (nSPS) is 18.7. The third-order valence-electron chi connectivity index (χ3n) is 8.29. The number of hydrogen-bond donors (Lipinski definition) is 2. The number of hydrogen-bond acceptors (Lipinski definition) is 9. The van der Waals surface area contributed by atoms with Gasteiger partial charge in [-0.05, 0) is 93.0 Å². The van der Waals surface area contributed by atoms with Crippen LogP contribution in [0.2, 0.25) is 0 Å². The maximum absolute atomic E-state index is 11.5. The SMILES string of the molecule is CCOc1ccc2c(c1)N(CCCS(=O)(=O)O)C(=CC1=C(C)C(=Cc3sc4ccc(OCC)cc4[n+]3CCCS(=O)(=O)O)CC(C)C1)S2. The summed E-state index contributed by atoms with van der Waals surface area (Å²) in [5.74, 6) is 1.21. The number of rotatable bonds is 14. The molecule has 0 saturated heterocycles. The molecule has 3 aromatic rings. The Balaban J connectivity index is 1.53. The zero-order chi connectivity index (χ0) is 34.6. The van der Waals surface area contributed by atoms with Gasteiger partial charge in [0.1, 0.15) is 16.2 Å². The van der Waals surface area contributed by atoms with Crippen LogP contribution in [-0.4, -0.2) is 57.2 Å². The Morgan fingerprint density at radius 2 is 1.60 bits per heavy atom. The fourth-order valence-corrected chi connectivity index (χ4v) is 9.39. The van der Waals surface area contributed by atoms with Crippen LogP contribution in [0.25, 0.3) is 16.3 Å². The molecule has 0 amide bonds. The largest absolute Gasteiger partial charge is 0.494 e. The number of allylic oxidation sites excluding steroid dienone is 4. The van der Waals surface area contributed by atoms with Gasteiger partial charge >= 0.3 is 0 Å². The van der Waals surface area contributed by atoms with Crippen LogP contribution < -0.4 is 18.9 Å². The lowest BCUT2D eigenvalue weighted by molar-refractivity contribution is -0.668. The molecule has 2 aromatic carbocycles. The monoisotopic (exact) mass is 735 g/mol. The van der Waals surface area contributed by atoms with Crippen LogP contribution >= 0.6 is 23.1 Å². The van der Waals surface area contributed by atoms with E-state index in [-0.39, 0.29) is 24.3 Å². The van der Waals surface area contributed by atoms with Crippen molar-refractivity contribution in [1.29, 1.82) is 0 Å². The van der Waals surface area contributed by atoms with Crippen molar-refractivity contribution in [2.24, 2.45) is 5.92 Å². The van der Waals surface area contributed by atoms with E-state index in [9.17, 15) is 25.9 Å². The minimum atomic E-state index is -4.08. The van der Waals surface area contributed by atoms with E-state index in [2.05, 4.69) is 35.5 Å². The highest BCUT2D eigenvalue weighted by Gasteiger charge is 2.29. The van der Waals surface area contributed by atoms with Crippen LogP contribution in [0.1, 0.15) is 58.4 Å². The summed E-state index contributed by atoms with van der Waals surface area (Å²) in [6.07, 6.45) is 6.70. The second-order valence-electron chi connectivity index (χ2n) is 12.1. The van der Waals surface area contributed by atoms with Gasteiger partial charge < -0.3 is 14.4 Å². The predicted octanol–water partition coefficient (Wildman–Crippen LogP) is 7.13. The molecular weight excluding hydrogens is 693 g/mol. The molecule has 260 valence electrons. The van der Waals surface area contributed by atoms with E-state index in [1.807, 2.05) is 50.2 Å². The van der Waals surface area contributed by atoms with Crippen molar-refractivity contribution in [3.8, 4) is 11.5 Å². The fourth-order valence-electron chi connectivity index (χ4n) is 6.13. The number of thiazole rings is 1. The first-order chi connectivity index (χ1) is 22.7. The van der Waals surface area contributed by atoms with E-state index in [1.165, 1.54) is 16.7 Å². The average molecular weight is 736 g/mol. The minimum Gasteiger partial charge on any atom is -0.494 e. The predicted molar refractivity (Wildman–Crippen MR) is 193 cm³/mol. The number of thioether (sulfide) groups is 1. The molecule has 2 heterocycles. The van der Waals surface area contributed by atoms with Crippen molar-refractivity contribution in [3.63, 3.8) is 0 Å². The number of fused-ring (bicyclic) bond motifs is 2. The van der Waals surface area contributed by atoms with E-state index >= 15 is 0 Å². The number of anilines is 1. The van der Waals surface area contributed by atoms with Crippen LogP contribution in [0.3, 0.4) is 0 Å². The van der Waals surface area contributed by atoms with Gasteiger partial charge in [0.25, 0.3) is 25.2 Å². The molecule has 0 radical (unpaired) electrons.